The van der Waals surface area contributed by atoms with Crippen molar-refractivity contribution in [3.8, 4) is 0 Å². The molecule has 0 atom stereocenters. The number of aromatic nitrogens is 2. The van der Waals surface area contributed by atoms with E-state index in [0.717, 1.165) is 35.2 Å². The molecule has 3 nitrogen and oxygen atoms in total. The second-order valence-corrected chi connectivity index (χ2v) is 3.89. The van der Waals surface area contributed by atoms with Gasteiger partial charge in [0.15, 0.2) is 0 Å². The van der Waals surface area contributed by atoms with Crippen molar-refractivity contribution in [2.24, 2.45) is 0 Å². The van der Waals surface area contributed by atoms with Gasteiger partial charge in [0.1, 0.15) is 11.6 Å². The Kier molecular flexibility index (Phi) is 3.08. The minimum absolute atomic E-state index is 0.157. The lowest BCUT2D eigenvalue weighted by Crippen LogP contribution is -2.03. The summed E-state index contributed by atoms with van der Waals surface area (Å²) in [4.78, 5) is 0. The maximum Gasteiger partial charge on any atom is 0.146 e. The lowest BCUT2D eigenvalue weighted by atomic mass is 10.2. The third kappa shape index (κ3) is 2.43. The van der Waals surface area contributed by atoms with Crippen molar-refractivity contribution in [2.45, 2.75) is 20.4 Å². The highest BCUT2D eigenvalue weighted by atomic mass is 19.1. The number of nitrogens with one attached hydrogen (secondary N) is 2. The van der Waals surface area contributed by atoms with Gasteiger partial charge in [-0.3, -0.25) is 5.10 Å². The molecule has 0 aliphatic carbocycles. The van der Waals surface area contributed by atoms with Gasteiger partial charge in [-0.05, 0) is 32.0 Å². The van der Waals surface area contributed by atoms with Crippen molar-refractivity contribution >= 4 is 5.69 Å². The highest BCUT2D eigenvalue weighted by Crippen LogP contribution is 2.17. The summed E-state index contributed by atoms with van der Waals surface area (Å²) < 4.78 is 26.3. The van der Waals surface area contributed by atoms with Crippen molar-refractivity contribution in [3.05, 3.63) is 46.8 Å². The quantitative estimate of drug-likeness (QED) is 0.861. The van der Waals surface area contributed by atoms with E-state index in [2.05, 4.69) is 15.5 Å². The fourth-order valence-electron chi connectivity index (χ4n) is 1.65. The van der Waals surface area contributed by atoms with Crippen LogP contribution in [0.5, 0.6) is 0 Å². The molecule has 2 aromatic rings. The van der Waals surface area contributed by atoms with Gasteiger partial charge in [0, 0.05) is 17.8 Å². The van der Waals surface area contributed by atoms with Crippen LogP contribution in [-0.2, 0) is 6.54 Å². The van der Waals surface area contributed by atoms with Crippen LogP contribution in [0.4, 0.5) is 14.5 Å². The molecule has 0 amide bonds. The summed E-state index contributed by atoms with van der Waals surface area (Å²) in [7, 11) is 0. The molecule has 1 aromatic heterocycles. The van der Waals surface area contributed by atoms with Crippen molar-refractivity contribution in [2.75, 3.05) is 5.32 Å². The number of halogens is 2. The molecule has 0 aliphatic heterocycles. The zero-order valence-electron chi connectivity index (χ0n) is 9.64. The lowest BCUT2D eigenvalue weighted by Gasteiger charge is -2.07. The molecule has 0 spiro atoms. The molecule has 2 N–H and O–H groups in total. The molecule has 90 valence electrons. The van der Waals surface area contributed by atoms with Gasteiger partial charge in [0.05, 0.1) is 11.4 Å². The van der Waals surface area contributed by atoms with Crippen LogP contribution >= 0.6 is 0 Å². The topological polar surface area (TPSA) is 40.7 Å². The van der Waals surface area contributed by atoms with Crippen molar-refractivity contribution in [1.29, 1.82) is 0 Å². The number of benzene rings is 1. The van der Waals surface area contributed by atoms with Gasteiger partial charge in [-0.1, -0.05) is 0 Å². The first-order valence-corrected chi connectivity index (χ1v) is 5.27. The van der Waals surface area contributed by atoms with E-state index in [0.29, 0.717) is 6.54 Å². The molecule has 0 bridgehead atoms. The summed E-state index contributed by atoms with van der Waals surface area (Å²) in [5, 5.41) is 9.74. The van der Waals surface area contributed by atoms with Crippen LogP contribution in [0.1, 0.15) is 17.0 Å². The van der Waals surface area contributed by atoms with Crippen LogP contribution in [-0.4, -0.2) is 10.2 Å². The summed E-state index contributed by atoms with van der Waals surface area (Å²) in [5.74, 6) is -0.931. The van der Waals surface area contributed by atoms with Crippen LogP contribution in [0.2, 0.25) is 0 Å². The Bertz CT molecular complexity index is 515. The van der Waals surface area contributed by atoms with Crippen molar-refractivity contribution < 1.29 is 8.78 Å². The monoisotopic (exact) mass is 237 g/mol. The molecule has 17 heavy (non-hydrogen) atoms. The number of aryl methyl sites for hydroxylation is 2. The van der Waals surface area contributed by atoms with Gasteiger partial charge in [0.25, 0.3) is 0 Å². The predicted molar refractivity (Wildman–Crippen MR) is 61.7 cm³/mol. The fourth-order valence-corrected chi connectivity index (χ4v) is 1.65. The maximum atomic E-state index is 13.3. The van der Waals surface area contributed by atoms with Gasteiger partial charge < -0.3 is 5.32 Å². The first-order valence-electron chi connectivity index (χ1n) is 5.27. The molecule has 1 aromatic carbocycles. The molecule has 2 rings (SSSR count). The van der Waals surface area contributed by atoms with Gasteiger partial charge in [-0.25, -0.2) is 8.78 Å². The van der Waals surface area contributed by atoms with Crippen LogP contribution in [0, 0.1) is 25.5 Å². The molecule has 0 fully saturated rings. The van der Waals surface area contributed by atoms with Crippen molar-refractivity contribution in [1.82, 2.24) is 10.2 Å². The predicted octanol–water partition coefficient (Wildman–Crippen LogP) is 2.92. The summed E-state index contributed by atoms with van der Waals surface area (Å²) in [5.41, 5.74) is 2.90. The molecule has 0 saturated heterocycles. The standard InChI is InChI=1S/C12H13F2N3/c1-7-10(8(2)17-16-7)6-15-12-5-9(13)3-4-11(12)14/h3-5,15H,6H2,1-2H3,(H,16,17). The van der Waals surface area contributed by atoms with Gasteiger partial charge >= 0.3 is 0 Å². The number of rotatable bonds is 3. The van der Waals surface area contributed by atoms with Crippen LogP contribution in [0.15, 0.2) is 18.2 Å². The number of hydrogen-bond donors (Lipinski definition) is 2. The Morgan fingerprint density at radius 3 is 2.71 bits per heavy atom. The van der Waals surface area contributed by atoms with E-state index in [1.54, 1.807) is 0 Å². The Balaban J connectivity index is 2.15. The smallest absolute Gasteiger partial charge is 0.146 e. The Hall–Kier alpha value is -1.91. The Morgan fingerprint density at radius 2 is 2.06 bits per heavy atom. The van der Waals surface area contributed by atoms with E-state index in [1.165, 1.54) is 0 Å². The SMILES string of the molecule is Cc1n[nH]c(C)c1CNc1cc(F)ccc1F. The molecule has 5 heteroatoms. The molecule has 0 unspecified atom stereocenters. The second-order valence-electron chi connectivity index (χ2n) is 3.89. The normalized spacial score (nSPS) is 10.6. The third-order valence-electron chi connectivity index (χ3n) is 2.66. The lowest BCUT2D eigenvalue weighted by molar-refractivity contribution is 0.602. The second kappa shape index (κ2) is 4.53. The summed E-state index contributed by atoms with van der Waals surface area (Å²) >= 11 is 0. The number of aromatic amines is 1. The molecular weight excluding hydrogens is 224 g/mol. The molecule has 0 saturated carbocycles. The maximum absolute atomic E-state index is 13.3. The van der Waals surface area contributed by atoms with Crippen LogP contribution < -0.4 is 5.32 Å². The highest BCUT2D eigenvalue weighted by Gasteiger charge is 2.08. The van der Waals surface area contributed by atoms with Gasteiger partial charge in [-0.2, -0.15) is 5.10 Å². The largest absolute Gasteiger partial charge is 0.378 e. The highest BCUT2D eigenvalue weighted by molar-refractivity contribution is 5.46. The van der Waals surface area contributed by atoms with E-state index in [4.69, 9.17) is 0 Å². The van der Waals surface area contributed by atoms with Crippen LogP contribution in [0.3, 0.4) is 0 Å². The molecule has 0 radical (unpaired) electrons. The number of nitrogens with zero attached hydrogens (tertiary/aromatic N) is 1. The number of hydrogen-bond acceptors (Lipinski definition) is 2. The van der Waals surface area contributed by atoms with E-state index in [9.17, 15) is 8.78 Å². The summed E-state index contributed by atoms with van der Waals surface area (Å²) in [6.07, 6.45) is 0. The first-order chi connectivity index (χ1) is 8.08. The summed E-state index contributed by atoms with van der Waals surface area (Å²) in [6.45, 7) is 4.16. The van der Waals surface area contributed by atoms with E-state index >= 15 is 0 Å². The fraction of sp³-hybridized carbons (Fsp3) is 0.250. The molecular formula is C12H13F2N3. The van der Waals surface area contributed by atoms with E-state index < -0.39 is 11.6 Å². The van der Waals surface area contributed by atoms with Gasteiger partial charge in [-0.15, -0.1) is 0 Å². The van der Waals surface area contributed by atoms with Gasteiger partial charge in [0.2, 0.25) is 0 Å². The molecule has 0 aliphatic rings. The minimum atomic E-state index is -0.467. The average Bonchev–Trinajstić information content (AvgIpc) is 2.61. The van der Waals surface area contributed by atoms with E-state index in [-0.39, 0.29) is 5.69 Å². The Labute approximate surface area is 97.9 Å². The third-order valence-corrected chi connectivity index (χ3v) is 2.66. The zero-order valence-corrected chi connectivity index (χ0v) is 9.64. The van der Waals surface area contributed by atoms with E-state index in [1.807, 2.05) is 13.8 Å². The molecule has 1 heterocycles. The van der Waals surface area contributed by atoms with Crippen molar-refractivity contribution in [3.63, 3.8) is 0 Å². The average molecular weight is 237 g/mol. The minimum Gasteiger partial charge on any atom is -0.378 e. The summed E-state index contributed by atoms with van der Waals surface area (Å²) in [6, 6.07) is 3.34. The number of anilines is 1. The first kappa shape index (κ1) is 11.6. The Morgan fingerprint density at radius 1 is 1.29 bits per heavy atom. The van der Waals surface area contributed by atoms with Crippen LogP contribution in [0.25, 0.3) is 0 Å². The zero-order chi connectivity index (χ0) is 12.4. The number of H-pyrrole nitrogens is 1.